The van der Waals surface area contributed by atoms with Gasteiger partial charge in [0.25, 0.3) is 0 Å². The maximum Gasteiger partial charge on any atom is 0.0848 e. The SMILES string of the molecule is Cc1cc(C(Cl)c2cccc(C)c2C)c(C)s1. The van der Waals surface area contributed by atoms with Crippen molar-refractivity contribution in [2.75, 3.05) is 0 Å². The largest absolute Gasteiger partial charge is 0.146 e. The van der Waals surface area contributed by atoms with Gasteiger partial charge in [-0.2, -0.15) is 0 Å². The molecular formula is C15H17ClS. The third-order valence-corrected chi connectivity index (χ3v) is 4.72. The molecule has 0 saturated carbocycles. The lowest BCUT2D eigenvalue weighted by Crippen LogP contribution is -1.98. The highest BCUT2D eigenvalue weighted by Gasteiger charge is 2.17. The predicted octanol–water partition coefficient (Wildman–Crippen LogP) is 5.31. The molecule has 1 aromatic heterocycles. The third-order valence-electron chi connectivity index (χ3n) is 3.27. The molecule has 1 aromatic carbocycles. The van der Waals surface area contributed by atoms with Crippen LogP contribution in [0.15, 0.2) is 24.3 Å². The van der Waals surface area contributed by atoms with Crippen molar-refractivity contribution in [1.82, 2.24) is 0 Å². The van der Waals surface area contributed by atoms with E-state index >= 15 is 0 Å². The normalized spacial score (nSPS) is 12.8. The molecule has 0 aliphatic rings. The molecule has 0 N–H and O–H groups in total. The van der Waals surface area contributed by atoms with Crippen LogP contribution in [-0.4, -0.2) is 0 Å². The van der Waals surface area contributed by atoms with Gasteiger partial charge in [-0.15, -0.1) is 22.9 Å². The summed E-state index contributed by atoms with van der Waals surface area (Å²) in [6.45, 7) is 8.56. The minimum absolute atomic E-state index is 0.0279. The first-order valence-corrected chi connectivity index (χ1v) is 7.03. The van der Waals surface area contributed by atoms with Gasteiger partial charge in [-0.25, -0.2) is 0 Å². The Kier molecular flexibility index (Phi) is 3.60. The van der Waals surface area contributed by atoms with E-state index in [0.717, 1.165) is 0 Å². The Hall–Kier alpha value is -0.790. The molecule has 0 bridgehead atoms. The van der Waals surface area contributed by atoms with Crippen LogP contribution in [0.1, 0.15) is 37.4 Å². The van der Waals surface area contributed by atoms with E-state index in [1.165, 1.54) is 32.0 Å². The summed E-state index contributed by atoms with van der Waals surface area (Å²) in [5.74, 6) is 0. The first kappa shape index (κ1) is 12.7. The lowest BCUT2D eigenvalue weighted by atomic mass is 9.97. The fourth-order valence-electron chi connectivity index (χ4n) is 2.12. The van der Waals surface area contributed by atoms with Gasteiger partial charge in [-0.3, -0.25) is 0 Å². The van der Waals surface area contributed by atoms with Crippen LogP contribution in [0.5, 0.6) is 0 Å². The highest BCUT2D eigenvalue weighted by atomic mass is 35.5. The predicted molar refractivity (Wildman–Crippen MR) is 77.4 cm³/mol. The fourth-order valence-corrected chi connectivity index (χ4v) is 3.61. The van der Waals surface area contributed by atoms with Gasteiger partial charge in [0, 0.05) is 9.75 Å². The summed E-state index contributed by atoms with van der Waals surface area (Å²) < 4.78 is 0. The second kappa shape index (κ2) is 4.83. The lowest BCUT2D eigenvalue weighted by molar-refractivity contribution is 1.09. The number of benzene rings is 1. The summed E-state index contributed by atoms with van der Waals surface area (Å²) >= 11 is 8.45. The Morgan fingerprint density at radius 2 is 1.76 bits per heavy atom. The number of halogens is 1. The molecule has 0 aliphatic carbocycles. The summed E-state index contributed by atoms with van der Waals surface area (Å²) in [6, 6.07) is 8.56. The van der Waals surface area contributed by atoms with Gasteiger partial charge >= 0.3 is 0 Å². The molecule has 17 heavy (non-hydrogen) atoms. The Morgan fingerprint density at radius 3 is 2.35 bits per heavy atom. The molecule has 0 amide bonds. The van der Waals surface area contributed by atoms with Gasteiger partial charge in [0.1, 0.15) is 0 Å². The Morgan fingerprint density at radius 1 is 1.06 bits per heavy atom. The van der Waals surface area contributed by atoms with Gasteiger partial charge in [0.05, 0.1) is 5.38 Å². The van der Waals surface area contributed by atoms with Crippen LogP contribution in [-0.2, 0) is 0 Å². The second-order valence-corrected chi connectivity index (χ2v) is 6.42. The maximum atomic E-state index is 6.63. The van der Waals surface area contributed by atoms with Crippen LogP contribution in [0, 0.1) is 27.7 Å². The smallest absolute Gasteiger partial charge is 0.0848 e. The van der Waals surface area contributed by atoms with Crippen LogP contribution in [0.2, 0.25) is 0 Å². The summed E-state index contributed by atoms with van der Waals surface area (Å²) in [7, 11) is 0. The molecule has 1 atom stereocenters. The summed E-state index contributed by atoms with van der Waals surface area (Å²) in [6.07, 6.45) is 0. The van der Waals surface area contributed by atoms with Gasteiger partial charge in [-0.1, -0.05) is 18.2 Å². The summed E-state index contributed by atoms with van der Waals surface area (Å²) in [5, 5.41) is -0.0279. The number of rotatable bonds is 2. The number of hydrogen-bond acceptors (Lipinski definition) is 1. The second-order valence-electron chi connectivity index (χ2n) is 4.52. The van der Waals surface area contributed by atoms with Crippen molar-refractivity contribution < 1.29 is 0 Å². The Labute approximate surface area is 112 Å². The van der Waals surface area contributed by atoms with Crippen molar-refractivity contribution in [3.63, 3.8) is 0 Å². The number of thiophene rings is 1. The third kappa shape index (κ3) is 2.41. The van der Waals surface area contributed by atoms with Crippen molar-refractivity contribution in [3.05, 3.63) is 56.3 Å². The van der Waals surface area contributed by atoms with Gasteiger partial charge in [-0.05, 0) is 56.0 Å². The quantitative estimate of drug-likeness (QED) is 0.645. The minimum Gasteiger partial charge on any atom is -0.146 e. The van der Waals surface area contributed by atoms with E-state index in [1.54, 1.807) is 0 Å². The highest BCUT2D eigenvalue weighted by molar-refractivity contribution is 7.12. The number of hydrogen-bond donors (Lipinski definition) is 0. The molecule has 0 fully saturated rings. The molecular weight excluding hydrogens is 248 g/mol. The van der Waals surface area contributed by atoms with E-state index in [9.17, 15) is 0 Å². The lowest BCUT2D eigenvalue weighted by Gasteiger charge is -2.14. The molecule has 0 nitrogen and oxygen atoms in total. The van der Waals surface area contributed by atoms with Gasteiger partial charge in [0.15, 0.2) is 0 Å². The molecule has 1 unspecified atom stereocenters. The van der Waals surface area contributed by atoms with E-state index in [2.05, 4.69) is 52.0 Å². The van der Waals surface area contributed by atoms with Crippen molar-refractivity contribution in [2.45, 2.75) is 33.1 Å². The van der Waals surface area contributed by atoms with Crippen LogP contribution in [0.4, 0.5) is 0 Å². The standard InChI is InChI=1S/C15H17ClS/c1-9-6-5-7-13(11(9)3)15(16)14-8-10(2)17-12(14)4/h5-8,15H,1-4H3. The first-order valence-electron chi connectivity index (χ1n) is 5.78. The first-order chi connectivity index (χ1) is 8.00. The molecule has 0 aliphatic heterocycles. The monoisotopic (exact) mass is 264 g/mol. The number of aryl methyl sites for hydroxylation is 3. The average molecular weight is 265 g/mol. The average Bonchev–Trinajstić information content (AvgIpc) is 2.61. The van der Waals surface area contributed by atoms with E-state index in [0.29, 0.717) is 0 Å². The minimum atomic E-state index is -0.0279. The molecule has 90 valence electrons. The highest BCUT2D eigenvalue weighted by Crippen LogP contribution is 2.36. The van der Waals surface area contributed by atoms with E-state index in [-0.39, 0.29) is 5.38 Å². The van der Waals surface area contributed by atoms with E-state index in [1.807, 2.05) is 11.3 Å². The molecule has 0 radical (unpaired) electrons. The maximum absolute atomic E-state index is 6.63. The van der Waals surface area contributed by atoms with Crippen molar-refractivity contribution in [2.24, 2.45) is 0 Å². The molecule has 0 saturated heterocycles. The molecule has 2 rings (SSSR count). The van der Waals surface area contributed by atoms with Crippen molar-refractivity contribution in [1.29, 1.82) is 0 Å². The Bertz CT molecular complexity index is 540. The van der Waals surface area contributed by atoms with E-state index < -0.39 is 0 Å². The summed E-state index contributed by atoms with van der Waals surface area (Å²) in [5.41, 5.74) is 5.09. The zero-order valence-electron chi connectivity index (χ0n) is 10.7. The Balaban J connectivity index is 2.47. The van der Waals surface area contributed by atoms with Crippen molar-refractivity contribution in [3.8, 4) is 0 Å². The molecule has 0 spiro atoms. The van der Waals surface area contributed by atoms with Crippen molar-refractivity contribution >= 4 is 22.9 Å². The molecule has 1 heterocycles. The van der Waals surface area contributed by atoms with Crippen LogP contribution in [0.25, 0.3) is 0 Å². The summed E-state index contributed by atoms with van der Waals surface area (Å²) in [4.78, 5) is 2.65. The topological polar surface area (TPSA) is 0 Å². The number of alkyl halides is 1. The fraction of sp³-hybridized carbons (Fsp3) is 0.333. The van der Waals surface area contributed by atoms with Crippen LogP contribution in [0.3, 0.4) is 0 Å². The molecule has 2 aromatic rings. The van der Waals surface area contributed by atoms with E-state index in [4.69, 9.17) is 11.6 Å². The van der Waals surface area contributed by atoms with Crippen LogP contribution >= 0.6 is 22.9 Å². The molecule has 2 heteroatoms. The van der Waals surface area contributed by atoms with Gasteiger partial charge < -0.3 is 0 Å². The van der Waals surface area contributed by atoms with Gasteiger partial charge in [0.2, 0.25) is 0 Å². The zero-order valence-corrected chi connectivity index (χ0v) is 12.2. The van der Waals surface area contributed by atoms with Crippen LogP contribution < -0.4 is 0 Å². The zero-order chi connectivity index (χ0) is 12.6.